The lowest BCUT2D eigenvalue weighted by Gasteiger charge is -2.07. The van der Waals surface area contributed by atoms with E-state index >= 15 is 0 Å². The molecule has 0 bridgehead atoms. The number of nitrogens with zero attached hydrogens (tertiary/aromatic N) is 1. The zero-order valence-electron chi connectivity index (χ0n) is 10.2. The summed E-state index contributed by atoms with van der Waals surface area (Å²) in [5.41, 5.74) is 3.82. The minimum Gasteiger partial charge on any atom is -0.381 e. The predicted molar refractivity (Wildman–Crippen MR) is 72.0 cm³/mol. The standard InChI is InChI=1S/C15H18N2/c1-2-3-13-4-6-15(7-5-13)17-12-14-8-10-16-11-9-14/h4-11,17H,2-3,12H2,1H3. The van der Waals surface area contributed by atoms with Gasteiger partial charge < -0.3 is 5.32 Å². The van der Waals surface area contributed by atoms with Crippen molar-refractivity contribution in [2.24, 2.45) is 0 Å². The molecular formula is C15H18N2. The molecule has 0 saturated carbocycles. The van der Waals surface area contributed by atoms with E-state index in [9.17, 15) is 0 Å². The molecule has 0 aliphatic carbocycles. The summed E-state index contributed by atoms with van der Waals surface area (Å²) in [6.07, 6.45) is 6.00. The van der Waals surface area contributed by atoms with Crippen LogP contribution < -0.4 is 5.32 Å². The van der Waals surface area contributed by atoms with Gasteiger partial charge in [-0.2, -0.15) is 0 Å². The van der Waals surface area contributed by atoms with Crippen LogP contribution in [0.4, 0.5) is 5.69 Å². The third kappa shape index (κ3) is 3.59. The summed E-state index contributed by atoms with van der Waals surface area (Å²) in [6.45, 7) is 3.05. The zero-order valence-corrected chi connectivity index (χ0v) is 10.2. The van der Waals surface area contributed by atoms with Gasteiger partial charge >= 0.3 is 0 Å². The maximum absolute atomic E-state index is 4.00. The van der Waals surface area contributed by atoms with Gasteiger partial charge in [-0.15, -0.1) is 0 Å². The Balaban J connectivity index is 1.91. The quantitative estimate of drug-likeness (QED) is 0.841. The molecule has 0 spiro atoms. The van der Waals surface area contributed by atoms with Gasteiger partial charge in [0.25, 0.3) is 0 Å². The topological polar surface area (TPSA) is 24.9 Å². The molecule has 0 atom stereocenters. The Labute approximate surface area is 103 Å². The zero-order chi connectivity index (χ0) is 11.9. The lowest BCUT2D eigenvalue weighted by Crippen LogP contribution is -1.99. The smallest absolute Gasteiger partial charge is 0.0401 e. The Kier molecular flexibility index (Phi) is 4.14. The second-order valence-electron chi connectivity index (χ2n) is 4.16. The van der Waals surface area contributed by atoms with Crippen LogP contribution in [-0.2, 0) is 13.0 Å². The van der Waals surface area contributed by atoms with Crippen LogP contribution in [0.1, 0.15) is 24.5 Å². The average Bonchev–Trinajstić information content (AvgIpc) is 2.40. The van der Waals surface area contributed by atoms with Crippen LogP contribution >= 0.6 is 0 Å². The van der Waals surface area contributed by atoms with Crippen LogP contribution in [0, 0.1) is 0 Å². The maximum atomic E-state index is 4.00. The highest BCUT2D eigenvalue weighted by Crippen LogP contribution is 2.12. The molecule has 1 aromatic heterocycles. The second-order valence-corrected chi connectivity index (χ2v) is 4.16. The fraction of sp³-hybridized carbons (Fsp3) is 0.267. The number of aryl methyl sites for hydroxylation is 1. The fourth-order valence-electron chi connectivity index (χ4n) is 1.78. The largest absolute Gasteiger partial charge is 0.381 e. The first-order chi connectivity index (χ1) is 8.38. The van der Waals surface area contributed by atoms with Crippen molar-refractivity contribution in [1.29, 1.82) is 0 Å². The van der Waals surface area contributed by atoms with E-state index < -0.39 is 0 Å². The summed E-state index contributed by atoms with van der Waals surface area (Å²) in [7, 11) is 0. The molecular weight excluding hydrogens is 208 g/mol. The van der Waals surface area contributed by atoms with E-state index in [1.165, 1.54) is 23.2 Å². The third-order valence-corrected chi connectivity index (χ3v) is 2.74. The van der Waals surface area contributed by atoms with Gasteiger partial charge in [-0.3, -0.25) is 4.98 Å². The number of rotatable bonds is 5. The van der Waals surface area contributed by atoms with E-state index in [-0.39, 0.29) is 0 Å². The summed E-state index contributed by atoms with van der Waals surface area (Å²) in [5.74, 6) is 0. The summed E-state index contributed by atoms with van der Waals surface area (Å²) < 4.78 is 0. The van der Waals surface area contributed by atoms with Crippen molar-refractivity contribution in [1.82, 2.24) is 4.98 Å². The molecule has 0 radical (unpaired) electrons. The Morgan fingerprint density at radius 3 is 2.29 bits per heavy atom. The molecule has 0 aliphatic heterocycles. The Bertz CT molecular complexity index is 434. The summed E-state index contributed by atoms with van der Waals surface area (Å²) in [5, 5.41) is 3.40. The van der Waals surface area contributed by atoms with Crippen LogP contribution in [0.2, 0.25) is 0 Å². The van der Waals surface area contributed by atoms with E-state index in [0.29, 0.717) is 0 Å². The van der Waals surface area contributed by atoms with Crippen molar-refractivity contribution >= 4 is 5.69 Å². The SMILES string of the molecule is CCCc1ccc(NCc2ccncc2)cc1. The second kappa shape index (κ2) is 6.04. The van der Waals surface area contributed by atoms with Crippen LogP contribution in [0.15, 0.2) is 48.8 Å². The van der Waals surface area contributed by atoms with Crippen LogP contribution in [0.5, 0.6) is 0 Å². The lowest BCUT2D eigenvalue weighted by atomic mass is 10.1. The van der Waals surface area contributed by atoms with Gasteiger partial charge in [0.1, 0.15) is 0 Å². The van der Waals surface area contributed by atoms with Gasteiger partial charge in [0, 0.05) is 24.6 Å². The molecule has 0 amide bonds. The first kappa shape index (κ1) is 11.6. The first-order valence-corrected chi connectivity index (χ1v) is 6.10. The van der Waals surface area contributed by atoms with E-state index in [0.717, 1.165) is 13.0 Å². The Hall–Kier alpha value is -1.83. The van der Waals surface area contributed by atoms with Crippen LogP contribution in [-0.4, -0.2) is 4.98 Å². The highest BCUT2D eigenvalue weighted by atomic mass is 14.9. The minimum absolute atomic E-state index is 0.843. The van der Waals surface area contributed by atoms with Crippen molar-refractivity contribution < 1.29 is 0 Å². The predicted octanol–water partition coefficient (Wildman–Crippen LogP) is 3.65. The van der Waals surface area contributed by atoms with Crippen LogP contribution in [0.3, 0.4) is 0 Å². The first-order valence-electron chi connectivity index (χ1n) is 6.10. The van der Waals surface area contributed by atoms with Crippen molar-refractivity contribution in [2.75, 3.05) is 5.32 Å². The van der Waals surface area contributed by atoms with Crippen molar-refractivity contribution in [3.8, 4) is 0 Å². The molecule has 2 nitrogen and oxygen atoms in total. The number of benzene rings is 1. The number of aromatic nitrogens is 1. The van der Waals surface area contributed by atoms with Crippen molar-refractivity contribution in [3.05, 3.63) is 59.9 Å². The molecule has 1 aromatic carbocycles. The Morgan fingerprint density at radius 1 is 0.941 bits per heavy atom. The molecule has 0 fully saturated rings. The molecule has 0 saturated heterocycles. The molecule has 0 unspecified atom stereocenters. The monoisotopic (exact) mass is 226 g/mol. The highest BCUT2D eigenvalue weighted by Gasteiger charge is 1.94. The molecule has 88 valence electrons. The molecule has 2 heteroatoms. The molecule has 2 aromatic rings. The highest BCUT2D eigenvalue weighted by molar-refractivity contribution is 5.45. The average molecular weight is 226 g/mol. The summed E-state index contributed by atoms with van der Waals surface area (Å²) >= 11 is 0. The summed E-state index contributed by atoms with van der Waals surface area (Å²) in [6, 6.07) is 12.7. The van der Waals surface area contributed by atoms with E-state index in [4.69, 9.17) is 0 Å². The molecule has 2 rings (SSSR count). The van der Waals surface area contributed by atoms with Gasteiger partial charge in [0.05, 0.1) is 0 Å². The molecule has 1 N–H and O–H groups in total. The molecule has 1 heterocycles. The van der Waals surface area contributed by atoms with Gasteiger partial charge in [-0.1, -0.05) is 25.5 Å². The van der Waals surface area contributed by atoms with Gasteiger partial charge in [-0.25, -0.2) is 0 Å². The van der Waals surface area contributed by atoms with E-state index in [1.807, 2.05) is 24.5 Å². The van der Waals surface area contributed by atoms with E-state index in [2.05, 4.69) is 41.5 Å². The van der Waals surface area contributed by atoms with Gasteiger partial charge in [0.15, 0.2) is 0 Å². The summed E-state index contributed by atoms with van der Waals surface area (Å²) in [4.78, 5) is 4.00. The van der Waals surface area contributed by atoms with Crippen molar-refractivity contribution in [3.63, 3.8) is 0 Å². The normalized spacial score (nSPS) is 10.2. The minimum atomic E-state index is 0.843. The van der Waals surface area contributed by atoms with Crippen molar-refractivity contribution in [2.45, 2.75) is 26.3 Å². The lowest BCUT2D eigenvalue weighted by molar-refractivity contribution is 0.922. The number of hydrogen-bond donors (Lipinski definition) is 1. The van der Waals surface area contributed by atoms with Crippen LogP contribution in [0.25, 0.3) is 0 Å². The molecule has 0 aliphatic rings. The maximum Gasteiger partial charge on any atom is 0.0401 e. The number of anilines is 1. The molecule has 17 heavy (non-hydrogen) atoms. The van der Waals surface area contributed by atoms with E-state index in [1.54, 1.807) is 0 Å². The number of pyridine rings is 1. The third-order valence-electron chi connectivity index (χ3n) is 2.74. The fourth-order valence-corrected chi connectivity index (χ4v) is 1.78. The number of hydrogen-bond acceptors (Lipinski definition) is 2. The number of nitrogens with one attached hydrogen (secondary N) is 1. The van der Waals surface area contributed by atoms with Gasteiger partial charge in [-0.05, 0) is 41.8 Å². The Morgan fingerprint density at radius 2 is 1.65 bits per heavy atom. The van der Waals surface area contributed by atoms with Gasteiger partial charge in [0.2, 0.25) is 0 Å².